The van der Waals surface area contributed by atoms with E-state index in [-0.39, 0.29) is 18.4 Å². The Bertz CT molecular complexity index is 698. The normalized spacial score (nSPS) is 9.96. The van der Waals surface area contributed by atoms with Crippen LogP contribution in [0.3, 0.4) is 0 Å². The van der Waals surface area contributed by atoms with Crippen LogP contribution in [0.5, 0.6) is 0 Å². The minimum atomic E-state index is -0.459. The standard InChI is InChI=1S/C16H17N3O3S/c1-2-13(20)18-15(21)12-8-9-14(23-12)19-16(22)17-10-11-6-4-3-5-7-11/h3-9H,2,10H2,1H3,(H2,17,19,22)(H,18,20,21). The average Bonchev–Trinajstić information content (AvgIpc) is 3.02. The molecule has 7 heteroatoms. The first-order valence-electron chi connectivity index (χ1n) is 7.11. The molecular weight excluding hydrogens is 314 g/mol. The smallest absolute Gasteiger partial charge is 0.320 e. The molecule has 1 aromatic carbocycles. The average molecular weight is 331 g/mol. The molecule has 3 N–H and O–H groups in total. The molecule has 120 valence electrons. The first-order valence-corrected chi connectivity index (χ1v) is 7.93. The number of carbonyl (C=O) groups excluding carboxylic acids is 3. The third-order valence-electron chi connectivity index (χ3n) is 2.94. The van der Waals surface area contributed by atoms with Crippen LogP contribution in [0.2, 0.25) is 0 Å². The van der Waals surface area contributed by atoms with Crippen molar-refractivity contribution in [3.05, 3.63) is 52.9 Å². The fourth-order valence-electron chi connectivity index (χ4n) is 1.74. The summed E-state index contributed by atoms with van der Waals surface area (Å²) in [6.07, 6.45) is 0.240. The molecule has 0 radical (unpaired) electrons. The third-order valence-corrected chi connectivity index (χ3v) is 3.94. The fourth-order valence-corrected chi connectivity index (χ4v) is 2.53. The van der Waals surface area contributed by atoms with Gasteiger partial charge in [-0.25, -0.2) is 4.79 Å². The summed E-state index contributed by atoms with van der Waals surface area (Å²) in [5.74, 6) is -0.793. The predicted molar refractivity (Wildman–Crippen MR) is 89.4 cm³/mol. The Labute approximate surface area is 137 Å². The molecule has 0 saturated carbocycles. The van der Waals surface area contributed by atoms with Gasteiger partial charge in [0.05, 0.1) is 9.88 Å². The van der Waals surface area contributed by atoms with Crippen LogP contribution in [0.4, 0.5) is 9.80 Å². The summed E-state index contributed by atoms with van der Waals surface area (Å²) in [4.78, 5) is 35.2. The monoisotopic (exact) mass is 331 g/mol. The first kappa shape index (κ1) is 16.7. The lowest BCUT2D eigenvalue weighted by Crippen LogP contribution is -2.29. The van der Waals surface area contributed by atoms with Gasteiger partial charge in [-0.1, -0.05) is 37.3 Å². The summed E-state index contributed by atoms with van der Waals surface area (Å²) in [5.41, 5.74) is 0.993. The molecule has 0 spiro atoms. The van der Waals surface area contributed by atoms with E-state index in [9.17, 15) is 14.4 Å². The van der Waals surface area contributed by atoms with E-state index in [0.29, 0.717) is 16.4 Å². The maximum atomic E-state index is 11.8. The topological polar surface area (TPSA) is 87.3 Å². The lowest BCUT2D eigenvalue weighted by Gasteiger charge is -2.05. The lowest BCUT2D eigenvalue weighted by molar-refractivity contribution is -0.119. The van der Waals surface area contributed by atoms with E-state index in [4.69, 9.17) is 0 Å². The molecule has 0 aliphatic carbocycles. The Kier molecular flexibility index (Phi) is 5.87. The lowest BCUT2D eigenvalue weighted by atomic mass is 10.2. The van der Waals surface area contributed by atoms with Crippen molar-refractivity contribution in [1.82, 2.24) is 10.6 Å². The Morgan fingerprint density at radius 3 is 2.48 bits per heavy atom. The Hall–Kier alpha value is -2.67. The number of hydrogen-bond acceptors (Lipinski definition) is 4. The predicted octanol–water partition coefficient (Wildman–Crippen LogP) is 2.74. The number of thiophene rings is 1. The highest BCUT2D eigenvalue weighted by Gasteiger charge is 2.12. The SMILES string of the molecule is CCC(=O)NC(=O)c1ccc(NC(=O)NCc2ccccc2)s1. The van der Waals surface area contributed by atoms with Crippen molar-refractivity contribution in [2.24, 2.45) is 0 Å². The molecule has 1 heterocycles. The summed E-state index contributed by atoms with van der Waals surface area (Å²) in [7, 11) is 0. The molecule has 6 nitrogen and oxygen atoms in total. The van der Waals surface area contributed by atoms with E-state index in [2.05, 4.69) is 16.0 Å². The second kappa shape index (κ2) is 8.09. The molecular formula is C16H17N3O3S. The van der Waals surface area contributed by atoms with Crippen molar-refractivity contribution in [3.63, 3.8) is 0 Å². The Morgan fingerprint density at radius 2 is 1.78 bits per heavy atom. The molecule has 0 fully saturated rings. The van der Waals surface area contributed by atoms with Crippen LogP contribution in [-0.2, 0) is 11.3 Å². The van der Waals surface area contributed by atoms with Crippen molar-refractivity contribution in [3.8, 4) is 0 Å². The van der Waals surface area contributed by atoms with Gasteiger partial charge in [-0.15, -0.1) is 11.3 Å². The van der Waals surface area contributed by atoms with E-state index in [1.807, 2.05) is 30.3 Å². The van der Waals surface area contributed by atoms with Crippen LogP contribution < -0.4 is 16.0 Å². The van der Waals surface area contributed by atoms with E-state index < -0.39 is 5.91 Å². The van der Waals surface area contributed by atoms with Gasteiger partial charge >= 0.3 is 6.03 Å². The summed E-state index contributed by atoms with van der Waals surface area (Å²) < 4.78 is 0. The van der Waals surface area contributed by atoms with Gasteiger partial charge in [0.15, 0.2) is 0 Å². The zero-order valence-electron chi connectivity index (χ0n) is 12.6. The van der Waals surface area contributed by atoms with Gasteiger partial charge in [-0.3, -0.25) is 20.2 Å². The summed E-state index contributed by atoms with van der Waals surface area (Å²) in [5, 5.41) is 8.18. The van der Waals surface area contributed by atoms with Crippen molar-refractivity contribution < 1.29 is 14.4 Å². The molecule has 2 aromatic rings. The summed E-state index contributed by atoms with van der Waals surface area (Å²) in [6.45, 7) is 2.08. The number of hydrogen-bond donors (Lipinski definition) is 3. The maximum absolute atomic E-state index is 11.8. The number of urea groups is 1. The first-order chi connectivity index (χ1) is 11.1. The molecule has 4 amide bonds. The van der Waals surface area contributed by atoms with E-state index in [1.165, 1.54) is 0 Å². The molecule has 0 bridgehead atoms. The number of anilines is 1. The van der Waals surface area contributed by atoms with Gasteiger partial charge < -0.3 is 5.32 Å². The Morgan fingerprint density at radius 1 is 1.04 bits per heavy atom. The van der Waals surface area contributed by atoms with Gasteiger partial charge in [0, 0.05) is 13.0 Å². The van der Waals surface area contributed by atoms with Crippen molar-refractivity contribution in [2.45, 2.75) is 19.9 Å². The van der Waals surface area contributed by atoms with Gasteiger partial charge in [0.1, 0.15) is 0 Å². The second-order valence-corrected chi connectivity index (χ2v) is 5.77. The van der Waals surface area contributed by atoms with E-state index >= 15 is 0 Å². The zero-order chi connectivity index (χ0) is 16.7. The van der Waals surface area contributed by atoms with Crippen molar-refractivity contribution in [2.75, 3.05) is 5.32 Å². The number of imide groups is 1. The molecule has 0 unspecified atom stereocenters. The number of nitrogens with one attached hydrogen (secondary N) is 3. The molecule has 1 aromatic heterocycles. The van der Waals surface area contributed by atoms with Crippen molar-refractivity contribution in [1.29, 1.82) is 0 Å². The van der Waals surface area contributed by atoms with Gasteiger partial charge in [-0.05, 0) is 17.7 Å². The highest BCUT2D eigenvalue weighted by atomic mass is 32.1. The fraction of sp³-hybridized carbons (Fsp3) is 0.188. The molecule has 23 heavy (non-hydrogen) atoms. The highest BCUT2D eigenvalue weighted by Crippen LogP contribution is 2.21. The largest absolute Gasteiger partial charge is 0.334 e. The van der Waals surface area contributed by atoms with Crippen LogP contribution in [0.15, 0.2) is 42.5 Å². The van der Waals surface area contributed by atoms with Crippen LogP contribution in [0.1, 0.15) is 28.6 Å². The van der Waals surface area contributed by atoms with Gasteiger partial charge in [-0.2, -0.15) is 0 Å². The van der Waals surface area contributed by atoms with E-state index in [1.54, 1.807) is 19.1 Å². The molecule has 0 atom stereocenters. The zero-order valence-corrected chi connectivity index (χ0v) is 13.4. The number of benzene rings is 1. The third kappa shape index (κ3) is 5.23. The van der Waals surface area contributed by atoms with E-state index in [0.717, 1.165) is 16.9 Å². The van der Waals surface area contributed by atoms with Crippen LogP contribution in [0, 0.1) is 0 Å². The minimum absolute atomic E-state index is 0.240. The van der Waals surface area contributed by atoms with Crippen LogP contribution >= 0.6 is 11.3 Å². The quantitative estimate of drug-likeness (QED) is 0.787. The van der Waals surface area contributed by atoms with Gasteiger partial charge in [0.25, 0.3) is 5.91 Å². The van der Waals surface area contributed by atoms with Crippen LogP contribution in [-0.4, -0.2) is 17.8 Å². The number of amides is 4. The Balaban J connectivity index is 1.85. The molecule has 0 saturated heterocycles. The number of rotatable bonds is 5. The second-order valence-electron chi connectivity index (χ2n) is 4.69. The van der Waals surface area contributed by atoms with Gasteiger partial charge in [0.2, 0.25) is 5.91 Å². The summed E-state index contributed by atoms with van der Waals surface area (Å²) >= 11 is 1.11. The summed E-state index contributed by atoms with van der Waals surface area (Å²) in [6, 6.07) is 12.4. The minimum Gasteiger partial charge on any atom is -0.334 e. The van der Waals surface area contributed by atoms with Crippen LogP contribution in [0.25, 0.3) is 0 Å². The maximum Gasteiger partial charge on any atom is 0.320 e. The molecule has 2 rings (SSSR count). The van der Waals surface area contributed by atoms with Crippen molar-refractivity contribution >= 4 is 34.2 Å². The number of carbonyl (C=O) groups is 3. The molecule has 0 aliphatic heterocycles. The molecule has 0 aliphatic rings. The highest BCUT2D eigenvalue weighted by molar-refractivity contribution is 7.18.